The van der Waals surface area contributed by atoms with E-state index in [0.717, 1.165) is 19.3 Å². The number of hydrogen-bond acceptors (Lipinski definition) is 3. The first kappa shape index (κ1) is 9.99. The van der Waals surface area contributed by atoms with Gasteiger partial charge in [0.2, 0.25) is 0 Å². The summed E-state index contributed by atoms with van der Waals surface area (Å²) in [6, 6.07) is 3.18. The van der Waals surface area contributed by atoms with Crippen LogP contribution in [0.5, 0.6) is 5.75 Å². The molecule has 1 rings (SSSR count). The lowest BCUT2D eigenvalue weighted by Gasteiger charge is -2.11. The SMILES string of the molecule is CCCC[C@@H](N)c1ncccc1O. The van der Waals surface area contributed by atoms with Crippen LogP contribution >= 0.6 is 0 Å². The summed E-state index contributed by atoms with van der Waals surface area (Å²) >= 11 is 0. The van der Waals surface area contributed by atoms with Gasteiger partial charge in [0.1, 0.15) is 5.75 Å². The molecule has 3 nitrogen and oxygen atoms in total. The first-order chi connectivity index (χ1) is 6.25. The monoisotopic (exact) mass is 180 g/mol. The van der Waals surface area contributed by atoms with Crippen molar-refractivity contribution in [2.75, 3.05) is 0 Å². The van der Waals surface area contributed by atoms with Crippen LogP contribution in [0.1, 0.15) is 37.9 Å². The van der Waals surface area contributed by atoms with E-state index in [4.69, 9.17) is 5.73 Å². The highest BCUT2D eigenvalue weighted by Crippen LogP contribution is 2.22. The van der Waals surface area contributed by atoms with Crippen molar-refractivity contribution >= 4 is 0 Å². The van der Waals surface area contributed by atoms with E-state index in [2.05, 4.69) is 11.9 Å². The Morgan fingerprint density at radius 3 is 3.00 bits per heavy atom. The number of pyridine rings is 1. The molecule has 0 aliphatic rings. The maximum atomic E-state index is 9.44. The third-order valence-electron chi connectivity index (χ3n) is 2.04. The molecule has 0 aliphatic carbocycles. The summed E-state index contributed by atoms with van der Waals surface area (Å²) in [6.07, 6.45) is 4.71. The number of hydrogen-bond donors (Lipinski definition) is 2. The molecule has 72 valence electrons. The number of nitrogens with zero attached hydrogens (tertiary/aromatic N) is 1. The van der Waals surface area contributed by atoms with Crippen molar-refractivity contribution in [2.24, 2.45) is 5.73 Å². The first-order valence-corrected chi connectivity index (χ1v) is 4.65. The van der Waals surface area contributed by atoms with E-state index in [9.17, 15) is 5.11 Å². The van der Waals surface area contributed by atoms with Crippen molar-refractivity contribution < 1.29 is 5.11 Å². The van der Waals surface area contributed by atoms with Crippen LogP contribution in [-0.2, 0) is 0 Å². The standard InChI is InChI=1S/C10H16N2O/c1-2-3-5-8(11)10-9(13)6-4-7-12-10/h4,6-8,13H,2-3,5,11H2,1H3/t8-/m1/s1. The molecule has 3 N–H and O–H groups in total. The van der Waals surface area contributed by atoms with Crippen molar-refractivity contribution in [3.8, 4) is 5.75 Å². The van der Waals surface area contributed by atoms with E-state index in [0.29, 0.717) is 5.69 Å². The van der Waals surface area contributed by atoms with Gasteiger partial charge in [-0.2, -0.15) is 0 Å². The largest absolute Gasteiger partial charge is 0.506 e. The molecule has 0 spiro atoms. The predicted octanol–water partition coefficient (Wildman–Crippen LogP) is 1.98. The molecule has 0 aromatic carbocycles. The van der Waals surface area contributed by atoms with E-state index in [1.807, 2.05) is 0 Å². The lowest BCUT2D eigenvalue weighted by Crippen LogP contribution is -2.11. The average Bonchev–Trinajstić information content (AvgIpc) is 2.15. The Bertz CT molecular complexity index is 263. The highest BCUT2D eigenvalue weighted by atomic mass is 16.3. The van der Waals surface area contributed by atoms with Crippen molar-refractivity contribution in [1.82, 2.24) is 4.98 Å². The molecule has 0 amide bonds. The van der Waals surface area contributed by atoms with Crippen molar-refractivity contribution in [3.63, 3.8) is 0 Å². The van der Waals surface area contributed by atoms with E-state index in [1.165, 1.54) is 0 Å². The zero-order chi connectivity index (χ0) is 9.68. The molecule has 1 aromatic rings. The van der Waals surface area contributed by atoms with Crippen LogP contribution < -0.4 is 5.73 Å². The molecule has 0 radical (unpaired) electrons. The number of aromatic hydroxyl groups is 1. The topological polar surface area (TPSA) is 59.1 Å². The second kappa shape index (κ2) is 4.82. The van der Waals surface area contributed by atoms with Crippen LogP contribution in [0.2, 0.25) is 0 Å². The molecule has 0 unspecified atom stereocenters. The third kappa shape index (κ3) is 2.70. The zero-order valence-corrected chi connectivity index (χ0v) is 7.90. The molecule has 0 fully saturated rings. The summed E-state index contributed by atoms with van der Waals surface area (Å²) in [7, 11) is 0. The number of rotatable bonds is 4. The molecule has 0 bridgehead atoms. The molecule has 1 aromatic heterocycles. The van der Waals surface area contributed by atoms with Crippen LogP contribution in [-0.4, -0.2) is 10.1 Å². The summed E-state index contributed by atoms with van der Waals surface area (Å²) < 4.78 is 0. The summed E-state index contributed by atoms with van der Waals surface area (Å²) in [5.74, 6) is 0.200. The fourth-order valence-electron chi connectivity index (χ4n) is 1.26. The van der Waals surface area contributed by atoms with Gasteiger partial charge in [-0.25, -0.2) is 0 Å². The Hall–Kier alpha value is -1.09. The van der Waals surface area contributed by atoms with Gasteiger partial charge in [0.25, 0.3) is 0 Å². The van der Waals surface area contributed by atoms with E-state index in [1.54, 1.807) is 18.3 Å². The van der Waals surface area contributed by atoms with Crippen LogP contribution in [0.15, 0.2) is 18.3 Å². The Balaban J connectivity index is 2.65. The molecule has 13 heavy (non-hydrogen) atoms. The minimum Gasteiger partial charge on any atom is -0.506 e. The van der Waals surface area contributed by atoms with Gasteiger partial charge in [0, 0.05) is 6.20 Å². The van der Waals surface area contributed by atoms with Crippen LogP contribution in [0.3, 0.4) is 0 Å². The van der Waals surface area contributed by atoms with Gasteiger partial charge >= 0.3 is 0 Å². The van der Waals surface area contributed by atoms with Crippen molar-refractivity contribution in [1.29, 1.82) is 0 Å². The fourth-order valence-corrected chi connectivity index (χ4v) is 1.26. The normalized spacial score (nSPS) is 12.8. The van der Waals surface area contributed by atoms with Crippen molar-refractivity contribution in [3.05, 3.63) is 24.0 Å². The second-order valence-electron chi connectivity index (χ2n) is 3.16. The molecule has 0 saturated carbocycles. The quantitative estimate of drug-likeness (QED) is 0.744. The highest BCUT2D eigenvalue weighted by molar-refractivity contribution is 5.27. The van der Waals surface area contributed by atoms with Gasteiger partial charge in [0.15, 0.2) is 0 Å². The summed E-state index contributed by atoms with van der Waals surface area (Å²) in [5, 5.41) is 9.44. The molecule has 1 atom stereocenters. The summed E-state index contributed by atoms with van der Waals surface area (Å²) in [4.78, 5) is 4.06. The molecular weight excluding hydrogens is 164 g/mol. The van der Waals surface area contributed by atoms with Gasteiger partial charge in [0.05, 0.1) is 11.7 Å². The summed E-state index contributed by atoms with van der Waals surface area (Å²) in [6.45, 7) is 2.12. The average molecular weight is 180 g/mol. The molecule has 3 heteroatoms. The van der Waals surface area contributed by atoms with Gasteiger partial charge in [-0.3, -0.25) is 4.98 Å². The second-order valence-corrected chi connectivity index (χ2v) is 3.16. The van der Waals surface area contributed by atoms with Gasteiger partial charge in [-0.1, -0.05) is 19.8 Å². The Kier molecular flexibility index (Phi) is 3.71. The first-order valence-electron chi connectivity index (χ1n) is 4.65. The lowest BCUT2D eigenvalue weighted by molar-refractivity contribution is 0.450. The van der Waals surface area contributed by atoms with Crippen LogP contribution in [0, 0.1) is 0 Å². The number of nitrogens with two attached hydrogens (primary N) is 1. The zero-order valence-electron chi connectivity index (χ0n) is 7.90. The highest BCUT2D eigenvalue weighted by Gasteiger charge is 2.10. The van der Waals surface area contributed by atoms with Gasteiger partial charge < -0.3 is 10.8 Å². The Morgan fingerprint density at radius 2 is 2.38 bits per heavy atom. The lowest BCUT2D eigenvalue weighted by atomic mass is 10.1. The van der Waals surface area contributed by atoms with Gasteiger partial charge in [-0.05, 0) is 18.6 Å². The number of unbranched alkanes of at least 4 members (excludes halogenated alkanes) is 1. The number of aromatic nitrogens is 1. The minimum atomic E-state index is -0.138. The fraction of sp³-hybridized carbons (Fsp3) is 0.500. The third-order valence-corrected chi connectivity index (χ3v) is 2.04. The van der Waals surface area contributed by atoms with Crippen LogP contribution in [0.25, 0.3) is 0 Å². The van der Waals surface area contributed by atoms with Gasteiger partial charge in [-0.15, -0.1) is 0 Å². The maximum absolute atomic E-state index is 9.44. The van der Waals surface area contributed by atoms with E-state index >= 15 is 0 Å². The van der Waals surface area contributed by atoms with Crippen LogP contribution in [0.4, 0.5) is 0 Å². The molecular formula is C10H16N2O. The van der Waals surface area contributed by atoms with E-state index < -0.39 is 0 Å². The minimum absolute atomic E-state index is 0.138. The molecule has 1 heterocycles. The Morgan fingerprint density at radius 1 is 1.62 bits per heavy atom. The Labute approximate surface area is 78.6 Å². The predicted molar refractivity (Wildman–Crippen MR) is 52.4 cm³/mol. The van der Waals surface area contributed by atoms with Crippen molar-refractivity contribution in [2.45, 2.75) is 32.2 Å². The molecule has 0 saturated heterocycles. The summed E-state index contributed by atoms with van der Waals surface area (Å²) in [5.41, 5.74) is 6.47. The van der Waals surface area contributed by atoms with E-state index in [-0.39, 0.29) is 11.8 Å². The smallest absolute Gasteiger partial charge is 0.138 e. The maximum Gasteiger partial charge on any atom is 0.138 e. The molecule has 0 aliphatic heterocycles.